The standard InChI is InChI=1S/C14H17Cl2N/c15-10-4-6-12(13(16)9-10)14-7-5-11-3-1-2-8-17(11)14/h4,6,9,11,14H,1-3,5,7-8H2. The van der Waals surface area contributed by atoms with Gasteiger partial charge in [-0.3, -0.25) is 4.90 Å². The van der Waals surface area contributed by atoms with E-state index in [-0.39, 0.29) is 0 Å². The van der Waals surface area contributed by atoms with Crippen LogP contribution in [-0.2, 0) is 0 Å². The number of benzene rings is 1. The third kappa shape index (κ3) is 2.21. The van der Waals surface area contributed by atoms with Crippen LogP contribution in [0.3, 0.4) is 0 Å². The second-order valence-electron chi connectivity index (χ2n) is 5.15. The molecule has 2 heterocycles. The van der Waals surface area contributed by atoms with E-state index in [9.17, 15) is 0 Å². The van der Waals surface area contributed by atoms with Crippen molar-refractivity contribution in [3.05, 3.63) is 33.8 Å². The molecule has 2 atom stereocenters. The zero-order valence-corrected chi connectivity index (χ0v) is 11.3. The fourth-order valence-corrected chi connectivity index (χ4v) is 3.90. The van der Waals surface area contributed by atoms with Crippen molar-refractivity contribution in [3.63, 3.8) is 0 Å². The minimum Gasteiger partial charge on any atom is -0.293 e. The maximum absolute atomic E-state index is 6.33. The number of halogens is 2. The Hall–Kier alpha value is -0.240. The molecule has 0 bridgehead atoms. The van der Waals surface area contributed by atoms with Gasteiger partial charge in [0.15, 0.2) is 0 Å². The Balaban J connectivity index is 1.88. The number of piperidine rings is 1. The molecule has 3 rings (SSSR count). The molecule has 0 radical (unpaired) electrons. The van der Waals surface area contributed by atoms with Crippen molar-refractivity contribution in [2.24, 2.45) is 0 Å². The van der Waals surface area contributed by atoms with Crippen LogP contribution in [0.15, 0.2) is 18.2 Å². The lowest BCUT2D eigenvalue weighted by molar-refractivity contribution is 0.150. The normalized spacial score (nSPS) is 29.3. The highest BCUT2D eigenvalue weighted by molar-refractivity contribution is 6.35. The van der Waals surface area contributed by atoms with Gasteiger partial charge in [-0.05, 0) is 49.9 Å². The Kier molecular flexibility index (Phi) is 3.34. The summed E-state index contributed by atoms with van der Waals surface area (Å²) < 4.78 is 0. The Morgan fingerprint density at radius 2 is 1.94 bits per heavy atom. The summed E-state index contributed by atoms with van der Waals surface area (Å²) in [7, 11) is 0. The summed E-state index contributed by atoms with van der Waals surface area (Å²) in [6.45, 7) is 1.23. The number of hydrogen-bond acceptors (Lipinski definition) is 1. The van der Waals surface area contributed by atoms with E-state index in [4.69, 9.17) is 23.2 Å². The molecule has 3 heteroatoms. The van der Waals surface area contributed by atoms with Crippen molar-refractivity contribution in [1.29, 1.82) is 0 Å². The van der Waals surface area contributed by atoms with Crippen LogP contribution in [0, 0.1) is 0 Å². The Bertz CT molecular complexity index is 419. The van der Waals surface area contributed by atoms with Crippen molar-refractivity contribution in [2.75, 3.05) is 6.54 Å². The summed E-state index contributed by atoms with van der Waals surface area (Å²) in [5.74, 6) is 0. The summed E-state index contributed by atoms with van der Waals surface area (Å²) >= 11 is 12.3. The summed E-state index contributed by atoms with van der Waals surface area (Å²) in [5, 5.41) is 1.56. The zero-order chi connectivity index (χ0) is 11.8. The van der Waals surface area contributed by atoms with Gasteiger partial charge in [-0.25, -0.2) is 0 Å². The van der Waals surface area contributed by atoms with Crippen LogP contribution in [0.25, 0.3) is 0 Å². The van der Waals surface area contributed by atoms with Crippen molar-refractivity contribution < 1.29 is 0 Å². The first-order valence-electron chi connectivity index (χ1n) is 6.46. The fourth-order valence-electron chi connectivity index (χ4n) is 3.37. The van der Waals surface area contributed by atoms with Crippen molar-refractivity contribution in [1.82, 2.24) is 4.90 Å². The highest BCUT2D eigenvalue weighted by atomic mass is 35.5. The topological polar surface area (TPSA) is 3.24 Å². The molecule has 2 saturated heterocycles. The molecule has 1 nitrogen and oxygen atoms in total. The maximum Gasteiger partial charge on any atom is 0.0468 e. The molecule has 2 aliphatic rings. The first-order valence-corrected chi connectivity index (χ1v) is 7.22. The predicted octanol–water partition coefficient (Wildman–Crippen LogP) is 4.68. The molecule has 1 aromatic rings. The van der Waals surface area contributed by atoms with Crippen molar-refractivity contribution >= 4 is 23.2 Å². The third-order valence-electron chi connectivity index (χ3n) is 4.17. The fraction of sp³-hybridized carbons (Fsp3) is 0.571. The van der Waals surface area contributed by atoms with Gasteiger partial charge >= 0.3 is 0 Å². The molecule has 17 heavy (non-hydrogen) atoms. The van der Waals surface area contributed by atoms with E-state index in [1.165, 1.54) is 44.2 Å². The summed E-state index contributed by atoms with van der Waals surface area (Å²) in [4.78, 5) is 2.65. The molecule has 0 aromatic heterocycles. The molecule has 0 spiro atoms. The smallest absolute Gasteiger partial charge is 0.0468 e. The first-order chi connectivity index (χ1) is 8.25. The average Bonchev–Trinajstić information content (AvgIpc) is 2.73. The first kappa shape index (κ1) is 11.8. The zero-order valence-electron chi connectivity index (χ0n) is 9.83. The second kappa shape index (κ2) is 4.79. The number of nitrogens with zero attached hydrogens (tertiary/aromatic N) is 1. The quantitative estimate of drug-likeness (QED) is 0.716. The van der Waals surface area contributed by atoms with Gasteiger partial charge in [0.1, 0.15) is 0 Å². The van der Waals surface area contributed by atoms with Crippen LogP contribution in [-0.4, -0.2) is 17.5 Å². The van der Waals surface area contributed by atoms with E-state index < -0.39 is 0 Å². The third-order valence-corrected chi connectivity index (χ3v) is 4.73. The lowest BCUT2D eigenvalue weighted by Crippen LogP contribution is -2.35. The van der Waals surface area contributed by atoms with Gasteiger partial charge in [0.25, 0.3) is 0 Å². The van der Waals surface area contributed by atoms with Crippen LogP contribution in [0.5, 0.6) is 0 Å². The number of hydrogen-bond donors (Lipinski definition) is 0. The highest BCUT2D eigenvalue weighted by Crippen LogP contribution is 2.42. The SMILES string of the molecule is Clc1ccc(C2CCC3CCCCN32)c(Cl)c1. The van der Waals surface area contributed by atoms with E-state index in [2.05, 4.69) is 11.0 Å². The summed E-state index contributed by atoms with van der Waals surface area (Å²) in [5.41, 5.74) is 1.26. The predicted molar refractivity (Wildman–Crippen MR) is 72.8 cm³/mol. The average molecular weight is 270 g/mol. The van der Waals surface area contributed by atoms with Gasteiger partial charge in [0.2, 0.25) is 0 Å². The molecule has 0 amide bonds. The molecule has 0 N–H and O–H groups in total. The Morgan fingerprint density at radius 1 is 1.06 bits per heavy atom. The lowest BCUT2D eigenvalue weighted by Gasteiger charge is -2.34. The Morgan fingerprint density at radius 3 is 2.76 bits per heavy atom. The minimum atomic E-state index is 0.519. The second-order valence-corrected chi connectivity index (χ2v) is 5.99. The van der Waals surface area contributed by atoms with Crippen molar-refractivity contribution in [3.8, 4) is 0 Å². The van der Waals surface area contributed by atoms with E-state index in [0.717, 1.165) is 16.1 Å². The molecule has 0 aliphatic carbocycles. The molecule has 1 aromatic carbocycles. The summed E-state index contributed by atoms with van der Waals surface area (Å²) in [6.07, 6.45) is 6.65. The van der Waals surface area contributed by atoms with Crippen LogP contribution in [0.1, 0.15) is 43.7 Å². The van der Waals surface area contributed by atoms with Gasteiger partial charge in [-0.2, -0.15) is 0 Å². The highest BCUT2D eigenvalue weighted by Gasteiger charge is 2.36. The van der Waals surface area contributed by atoms with Crippen LogP contribution >= 0.6 is 23.2 Å². The van der Waals surface area contributed by atoms with E-state index in [1.54, 1.807) is 0 Å². The van der Waals surface area contributed by atoms with E-state index >= 15 is 0 Å². The van der Waals surface area contributed by atoms with Gasteiger partial charge < -0.3 is 0 Å². The molecular formula is C14H17Cl2N. The van der Waals surface area contributed by atoms with Gasteiger partial charge in [-0.15, -0.1) is 0 Å². The lowest BCUT2D eigenvalue weighted by atomic mass is 10.0. The van der Waals surface area contributed by atoms with Crippen LogP contribution in [0.4, 0.5) is 0 Å². The van der Waals surface area contributed by atoms with E-state index in [0.29, 0.717) is 6.04 Å². The van der Waals surface area contributed by atoms with Crippen molar-refractivity contribution in [2.45, 2.75) is 44.2 Å². The maximum atomic E-state index is 6.33. The summed E-state index contributed by atoms with van der Waals surface area (Å²) in [6, 6.07) is 7.24. The molecule has 0 saturated carbocycles. The van der Waals surface area contributed by atoms with E-state index in [1.807, 2.05) is 12.1 Å². The number of fused-ring (bicyclic) bond motifs is 1. The molecule has 2 fully saturated rings. The largest absolute Gasteiger partial charge is 0.293 e. The van der Waals surface area contributed by atoms with Gasteiger partial charge in [-0.1, -0.05) is 35.7 Å². The van der Waals surface area contributed by atoms with Crippen LogP contribution in [0.2, 0.25) is 10.0 Å². The number of rotatable bonds is 1. The molecule has 92 valence electrons. The molecule has 2 aliphatic heterocycles. The monoisotopic (exact) mass is 269 g/mol. The minimum absolute atomic E-state index is 0.519. The van der Waals surface area contributed by atoms with Crippen LogP contribution < -0.4 is 0 Å². The molecule has 2 unspecified atom stereocenters. The molecular weight excluding hydrogens is 253 g/mol. The van der Waals surface area contributed by atoms with Gasteiger partial charge in [0, 0.05) is 22.1 Å². The van der Waals surface area contributed by atoms with Gasteiger partial charge in [0.05, 0.1) is 0 Å². The Labute approximate surface area is 113 Å².